The minimum atomic E-state index is -1.21. The quantitative estimate of drug-likeness (QED) is 0.0934. The maximum Gasteiger partial charge on any atom is 0.407 e. The Morgan fingerprint density at radius 2 is 1.26 bits per heavy atom. The number of carbonyl (C=O) groups excluding carboxylic acids is 3. The lowest BCUT2D eigenvalue weighted by molar-refractivity contribution is -0.135. The molecule has 57 heavy (non-hydrogen) atoms. The predicted octanol–water partition coefficient (Wildman–Crippen LogP) is 6.21. The number of amides is 4. The largest absolute Gasteiger partial charge is 0.465 e. The van der Waals surface area contributed by atoms with Gasteiger partial charge in [0.25, 0.3) is 0 Å². The number of hydrogen-bond acceptors (Lipinski definition) is 8. The highest BCUT2D eigenvalue weighted by atomic mass is 16.5. The molecule has 4 amide bonds. The van der Waals surface area contributed by atoms with Crippen LogP contribution in [0.15, 0.2) is 60.9 Å². The number of hydrogen-bond donors (Lipinski definition) is 5. The smallest absolute Gasteiger partial charge is 0.407 e. The summed E-state index contributed by atoms with van der Waals surface area (Å²) in [5.74, 6) is 0.863. The van der Waals surface area contributed by atoms with E-state index >= 15 is 0 Å². The zero-order chi connectivity index (χ0) is 40.6. The fraction of sp³-hybridized carbons (Fsp3) is 0.476. The standard InChI is InChI=1S/C42H55N9O6/c1-6-49(7-2)23-20-31(47-42(56)57-5)39(52)50-21-8-10-34(50)37-43-24-32(45-37)29-16-12-27(13-17-29)28-14-18-30(19-15-28)33-25-44-38(46-33)35-11-9-22-51(35)40(53)36(26(3)4)48-41(54)55/h12-19,24-26,31,34-36,48H,6-11,20-23H2,1-5H3,(H,43,45)(H,44,46)(H,47,56)(H,54,55)/t31?,34-,35-,36-/m0/s1. The van der Waals surface area contributed by atoms with Gasteiger partial charge in [-0.3, -0.25) is 9.59 Å². The fourth-order valence-corrected chi connectivity index (χ4v) is 7.95. The molecule has 0 spiro atoms. The topological polar surface area (TPSA) is 189 Å². The van der Waals surface area contributed by atoms with Gasteiger partial charge in [0.1, 0.15) is 23.7 Å². The predicted molar refractivity (Wildman–Crippen MR) is 216 cm³/mol. The second-order valence-electron chi connectivity index (χ2n) is 15.1. The summed E-state index contributed by atoms with van der Waals surface area (Å²) in [5, 5.41) is 14.4. The number of ether oxygens (including phenoxy) is 1. The van der Waals surface area contributed by atoms with Gasteiger partial charge in [-0.15, -0.1) is 0 Å². The van der Waals surface area contributed by atoms with Crippen LogP contribution in [0, 0.1) is 5.92 Å². The SMILES string of the molecule is CCN(CC)CCC(NC(=O)OC)C(=O)N1CCC[C@H]1c1ncc(-c2ccc(-c3ccc(-c4cnc([C@@H]5CCCN5C(=O)[C@@H](NC(=O)O)C(C)C)[nH]4)cc3)cc2)[nH]1. The molecule has 2 aliphatic rings. The molecule has 15 heteroatoms. The number of methoxy groups -OCH3 is 1. The number of H-pyrrole nitrogens is 2. The summed E-state index contributed by atoms with van der Waals surface area (Å²) < 4.78 is 4.84. The number of aromatic nitrogens is 4. The Kier molecular flexibility index (Phi) is 13.3. The van der Waals surface area contributed by atoms with Gasteiger partial charge in [0.05, 0.1) is 43.0 Å². The van der Waals surface area contributed by atoms with Gasteiger partial charge in [-0.2, -0.15) is 0 Å². The van der Waals surface area contributed by atoms with Crippen molar-refractivity contribution in [3.63, 3.8) is 0 Å². The molecule has 2 aromatic carbocycles. The lowest BCUT2D eigenvalue weighted by atomic mass is 10.0. The maximum atomic E-state index is 13.8. The Morgan fingerprint density at radius 1 is 0.789 bits per heavy atom. The van der Waals surface area contributed by atoms with E-state index in [4.69, 9.17) is 9.72 Å². The number of rotatable bonds is 15. The van der Waals surface area contributed by atoms with E-state index in [0.29, 0.717) is 31.9 Å². The third-order valence-electron chi connectivity index (χ3n) is 11.2. The molecule has 4 heterocycles. The van der Waals surface area contributed by atoms with Gasteiger partial charge in [-0.1, -0.05) is 76.2 Å². The van der Waals surface area contributed by atoms with Crippen molar-refractivity contribution < 1.29 is 29.0 Å². The maximum absolute atomic E-state index is 13.8. The van der Waals surface area contributed by atoms with Crippen LogP contribution in [0.3, 0.4) is 0 Å². The van der Waals surface area contributed by atoms with Crippen LogP contribution in [-0.2, 0) is 14.3 Å². The Balaban J connectivity index is 1.10. The first kappa shape index (κ1) is 40.9. The molecule has 0 radical (unpaired) electrons. The molecule has 304 valence electrons. The molecule has 2 aliphatic heterocycles. The molecular weight excluding hydrogens is 727 g/mol. The van der Waals surface area contributed by atoms with E-state index < -0.39 is 24.3 Å². The minimum Gasteiger partial charge on any atom is -0.465 e. The average molecular weight is 782 g/mol. The first-order chi connectivity index (χ1) is 27.5. The van der Waals surface area contributed by atoms with E-state index in [1.54, 1.807) is 17.3 Å². The summed E-state index contributed by atoms with van der Waals surface area (Å²) in [5.41, 5.74) is 5.71. The van der Waals surface area contributed by atoms with Crippen LogP contribution in [0.25, 0.3) is 33.6 Å². The number of carboxylic acid groups (broad SMARTS) is 1. The molecule has 2 saturated heterocycles. The van der Waals surface area contributed by atoms with Gasteiger partial charge in [0.2, 0.25) is 11.8 Å². The van der Waals surface area contributed by atoms with Crippen LogP contribution in [0.1, 0.15) is 83.5 Å². The summed E-state index contributed by atoms with van der Waals surface area (Å²) >= 11 is 0. The zero-order valence-electron chi connectivity index (χ0n) is 33.5. The van der Waals surface area contributed by atoms with Crippen molar-refractivity contribution in [1.82, 2.24) is 45.3 Å². The summed E-state index contributed by atoms with van der Waals surface area (Å²) in [6.45, 7) is 11.4. The summed E-state index contributed by atoms with van der Waals surface area (Å²) in [7, 11) is 1.30. The highest BCUT2D eigenvalue weighted by Crippen LogP contribution is 2.35. The van der Waals surface area contributed by atoms with Crippen molar-refractivity contribution in [3.05, 3.63) is 72.6 Å². The second-order valence-corrected chi connectivity index (χ2v) is 15.1. The van der Waals surface area contributed by atoms with Crippen molar-refractivity contribution in [2.24, 2.45) is 5.92 Å². The molecule has 5 N–H and O–H groups in total. The third-order valence-corrected chi connectivity index (χ3v) is 11.2. The highest BCUT2D eigenvalue weighted by molar-refractivity contribution is 5.87. The van der Waals surface area contributed by atoms with Crippen LogP contribution in [0.2, 0.25) is 0 Å². The molecular formula is C42H55N9O6. The molecule has 4 aromatic rings. The number of likely N-dealkylation sites (tertiary alicyclic amines) is 2. The molecule has 2 aromatic heterocycles. The number of nitrogens with one attached hydrogen (secondary N) is 4. The second kappa shape index (κ2) is 18.5. The number of aromatic amines is 2. The van der Waals surface area contributed by atoms with E-state index in [0.717, 1.165) is 78.2 Å². The Bertz CT molecular complexity index is 1990. The Hall–Kier alpha value is -5.70. The van der Waals surface area contributed by atoms with E-state index in [9.17, 15) is 24.3 Å². The van der Waals surface area contributed by atoms with Crippen LogP contribution in [0.4, 0.5) is 9.59 Å². The average Bonchev–Trinajstić information content (AvgIpc) is 4.06. The third kappa shape index (κ3) is 9.47. The van der Waals surface area contributed by atoms with Gasteiger partial charge in [-0.25, -0.2) is 19.6 Å². The summed E-state index contributed by atoms with van der Waals surface area (Å²) in [4.78, 5) is 72.8. The number of alkyl carbamates (subject to hydrolysis) is 1. The van der Waals surface area contributed by atoms with Gasteiger partial charge in [0.15, 0.2) is 0 Å². The first-order valence-electron chi connectivity index (χ1n) is 20.0. The molecule has 6 rings (SSSR count). The van der Waals surface area contributed by atoms with Crippen LogP contribution < -0.4 is 10.6 Å². The number of imidazole rings is 2. The van der Waals surface area contributed by atoms with E-state index in [2.05, 4.69) is 68.6 Å². The molecule has 0 saturated carbocycles. The molecule has 4 atom stereocenters. The monoisotopic (exact) mass is 781 g/mol. The molecule has 15 nitrogen and oxygen atoms in total. The van der Waals surface area contributed by atoms with E-state index in [-0.39, 0.29) is 29.8 Å². The zero-order valence-corrected chi connectivity index (χ0v) is 33.5. The van der Waals surface area contributed by atoms with E-state index in [1.165, 1.54) is 7.11 Å². The first-order valence-corrected chi connectivity index (χ1v) is 20.0. The molecule has 0 bridgehead atoms. The van der Waals surface area contributed by atoms with Crippen molar-refractivity contribution in [1.29, 1.82) is 0 Å². The van der Waals surface area contributed by atoms with Gasteiger partial charge >= 0.3 is 12.2 Å². The molecule has 1 unspecified atom stereocenters. The Labute approximate surface area is 333 Å². The number of benzene rings is 2. The van der Waals surface area contributed by atoms with Crippen molar-refractivity contribution >= 4 is 24.0 Å². The van der Waals surface area contributed by atoms with Gasteiger partial charge in [-0.05, 0) is 73.4 Å². The minimum absolute atomic E-state index is 0.129. The fourth-order valence-electron chi connectivity index (χ4n) is 7.95. The number of carbonyl (C=O) groups is 4. The van der Waals surface area contributed by atoms with Crippen molar-refractivity contribution in [2.75, 3.05) is 39.8 Å². The van der Waals surface area contributed by atoms with Gasteiger partial charge in [0, 0.05) is 19.6 Å². The van der Waals surface area contributed by atoms with Crippen LogP contribution in [0.5, 0.6) is 0 Å². The lowest BCUT2D eigenvalue weighted by Gasteiger charge is -2.29. The normalized spacial score (nSPS) is 17.9. The summed E-state index contributed by atoms with van der Waals surface area (Å²) in [6.07, 6.45) is 5.42. The van der Waals surface area contributed by atoms with Crippen LogP contribution >= 0.6 is 0 Å². The highest BCUT2D eigenvalue weighted by Gasteiger charge is 2.38. The van der Waals surface area contributed by atoms with E-state index in [1.807, 2.05) is 43.0 Å². The number of nitrogens with zero attached hydrogens (tertiary/aromatic N) is 5. The molecule has 2 fully saturated rings. The summed E-state index contributed by atoms with van der Waals surface area (Å²) in [6, 6.07) is 14.4. The molecule has 0 aliphatic carbocycles. The van der Waals surface area contributed by atoms with Crippen molar-refractivity contribution in [2.45, 2.75) is 84.0 Å². The van der Waals surface area contributed by atoms with Crippen molar-refractivity contribution in [3.8, 4) is 33.6 Å². The Morgan fingerprint density at radius 3 is 1.70 bits per heavy atom. The van der Waals surface area contributed by atoms with Crippen LogP contribution in [-0.4, -0.2) is 116 Å². The van der Waals surface area contributed by atoms with Gasteiger partial charge < -0.3 is 45.1 Å². The lowest BCUT2D eigenvalue weighted by Crippen LogP contribution is -2.50.